The van der Waals surface area contributed by atoms with Gasteiger partial charge in [0.25, 0.3) is 0 Å². The molecule has 6 atom stereocenters. The molecule has 1 aromatic carbocycles. The molecule has 0 radical (unpaired) electrons. The van der Waals surface area contributed by atoms with Crippen molar-refractivity contribution in [3.8, 4) is 5.75 Å². The Morgan fingerprint density at radius 3 is 2.29 bits per heavy atom. The summed E-state index contributed by atoms with van der Waals surface area (Å²) in [5, 5.41) is 0. The Kier molecular flexibility index (Phi) is 5.61. The molecule has 0 aliphatic heterocycles. The fourth-order valence-electron chi connectivity index (χ4n) is 8.22. The van der Waals surface area contributed by atoms with E-state index in [1.165, 1.54) is 6.92 Å². The second-order valence-corrected chi connectivity index (χ2v) is 11.5. The van der Waals surface area contributed by atoms with Crippen LogP contribution in [0.15, 0.2) is 42.0 Å². The van der Waals surface area contributed by atoms with Gasteiger partial charge in [-0.15, -0.1) is 0 Å². The SMILES string of the molecule is COc1ccc(C2=C[C@@H]3[C@H](CC[C@@]4(C)[C@H]3CC[C@]4(OC(C)=O)C(C)=O)[C@@]3(C)CCC(=O)C=C23)cc1. The average Bonchev–Trinajstić information content (AvgIpc) is 3.12. The lowest BCUT2D eigenvalue weighted by atomic mass is 9.46. The van der Waals surface area contributed by atoms with Crippen molar-refractivity contribution in [2.75, 3.05) is 7.11 Å². The van der Waals surface area contributed by atoms with E-state index in [-0.39, 0.29) is 34.8 Å². The Labute approximate surface area is 207 Å². The van der Waals surface area contributed by atoms with E-state index < -0.39 is 11.0 Å². The summed E-state index contributed by atoms with van der Waals surface area (Å²) in [6.07, 6.45) is 8.91. The number of benzene rings is 1. The average molecular weight is 477 g/mol. The highest BCUT2D eigenvalue weighted by Gasteiger charge is 2.67. The number of carbonyl (C=O) groups is 3. The van der Waals surface area contributed by atoms with E-state index in [0.29, 0.717) is 18.8 Å². The topological polar surface area (TPSA) is 69.7 Å². The first-order valence-corrected chi connectivity index (χ1v) is 12.9. The Morgan fingerprint density at radius 1 is 0.971 bits per heavy atom. The van der Waals surface area contributed by atoms with Gasteiger partial charge in [-0.05, 0) is 97.1 Å². The van der Waals surface area contributed by atoms with Gasteiger partial charge in [-0.25, -0.2) is 0 Å². The lowest BCUT2D eigenvalue weighted by Gasteiger charge is -2.58. The molecule has 186 valence electrons. The Balaban J connectivity index is 1.65. The molecule has 0 heterocycles. The number of carbonyl (C=O) groups excluding carboxylic acids is 3. The summed E-state index contributed by atoms with van der Waals surface area (Å²) < 4.78 is 11.3. The van der Waals surface area contributed by atoms with Crippen molar-refractivity contribution in [2.45, 2.75) is 71.8 Å². The number of esters is 1. The fraction of sp³-hybridized carbons (Fsp3) is 0.567. The standard InChI is InChI=1S/C30H36O5/c1-18(31)30(35-19(2)32)15-12-26-24-17-23(20-6-8-22(34-5)9-7-20)27-16-21(33)10-13-28(27,3)25(24)11-14-29(26,30)4/h6-9,16-17,24-26H,10-15H2,1-5H3/t24-,25+,26+,28-,29+,30+/m1/s1. The Hall–Kier alpha value is -2.69. The Morgan fingerprint density at radius 2 is 1.66 bits per heavy atom. The van der Waals surface area contributed by atoms with E-state index in [0.717, 1.165) is 48.1 Å². The molecular weight excluding hydrogens is 440 g/mol. The third-order valence-electron chi connectivity index (χ3n) is 10.0. The normalized spacial score (nSPS) is 37.9. The van der Waals surface area contributed by atoms with E-state index in [4.69, 9.17) is 9.47 Å². The number of ether oxygens (including phenoxy) is 2. The van der Waals surface area contributed by atoms with Gasteiger partial charge in [-0.1, -0.05) is 32.1 Å². The number of methoxy groups -OCH3 is 1. The van der Waals surface area contributed by atoms with Crippen molar-refractivity contribution in [1.82, 2.24) is 0 Å². The van der Waals surface area contributed by atoms with Crippen molar-refractivity contribution in [1.29, 1.82) is 0 Å². The first-order valence-electron chi connectivity index (χ1n) is 12.9. The molecule has 35 heavy (non-hydrogen) atoms. The van der Waals surface area contributed by atoms with Crippen LogP contribution >= 0.6 is 0 Å². The Bertz CT molecular complexity index is 1140. The lowest BCUT2D eigenvalue weighted by Crippen LogP contribution is -2.58. The molecule has 4 aliphatic rings. The monoisotopic (exact) mass is 476 g/mol. The molecule has 0 aromatic heterocycles. The van der Waals surface area contributed by atoms with Gasteiger partial charge in [0, 0.05) is 18.8 Å². The number of hydrogen-bond acceptors (Lipinski definition) is 5. The molecule has 1 aromatic rings. The van der Waals surface area contributed by atoms with Crippen molar-refractivity contribution in [3.63, 3.8) is 0 Å². The molecule has 0 saturated heterocycles. The summed E-state index contributed by atoms with van der Waals surface area (Å²) in [6.45, 7) is 7.50. The summed E-state index contributed by atoms with van der Waals surface area (Å²) in [4.78, 5) is 37.8. The fourth-order valence-corrected chi connectivity index (χ4v) is 8.22. The van der Waals surface area contributed by atoms with Crippen LogP contribution in [-0.2, 0) is 19.1 Å². The minimum absolute atomic E-state index is 0.0404. The zero-order valence-corrected chi connectivity index (χ0v) is 21.5. The number of Topliss-reactive ketones (excluding diaryl/α,β-unsaturated/α-hetero) is 1. The molecule has 5 heteroatoms. The van der Waals surface area contributed by atoms with E-state index in [9.17, 15) is 14.4 Å². The molecule has 2 fully saturated rings. The van der Waals surface area contributed by atoms with Crippen molar-refractivity contribution < 1.29 is 23.9 Å². The van der Waals surface area contributed by atoms with Crippen LogP contribution < -0.4 is 4.74 Å². The van der Waals surface area contributed by atoms with E-state index in [2.05, 4.69) is 32.1 Å². The van der Waals surface area contributed by atoms with Gasteiger partial charge in [0.05, 0.1) is 7.11 Å². The van der Waals surface area contributed by atoms with Crippen LogP contribution in [0.2, 0.25) is 0 Å². The van der Waals surface area contributed by atoms with Crippen LogP contribution in [0.1, 0.15) is 71.8 Å². The number of fused-ring (bicyclic) bond motifs is 5. The zero-order valence-electron chi connectivity index (χ0n) is 21.5. The predicted molar refractivity (Wildman–Crippen MR) is 134 cm³/mol. The van der Waals surface area contributed by atoms with Gasteiger partial charge in [-0.3, -0.25) is 14.4 Å². The first kappa shape index (κ1) is 24.0. The van der Waals surface area contributed by atoms with Crippen LogP contribution in [0, 0.1) is 28.6 Å². The van der Waals surface area contributed by atoms with Crippen molar-refractivity contribution in [2.24, 2.45) is 28.6 Å². The number of ketones is 2. The maximum atomic E-state index is 13.0. The molecule has 0 bridgehead atoms. The molecule has 0 N–H and O–H groups in total. The van der Waals surface area contributed by atoms with E-state index in [1.54, 1.807) is 14.0 Å². The molecule has 2 saturated carbocycles. The maximum Gasteiger partial charge on any atom is 0.303 e. The van der Waals surface area contributed by atoms with Gasteiger partial charge in [0.1, 0.15) is 5.75 Å². The van der Waals surface area contributed by atoms with Crippen molar-refractivity contribution in [3.05, 3.63) is 47.6 Å². The highest BCUT2D eigenvalue weighted by molar-refractivity contribution is 5.98. The molecule has 0 spiro atoms. The maximum absolute atomic E-state index is 13.0. The smallest absolute Gasteiger partial charge is 0.303 e. The van der Waals surface area contributed by atoms with Crippen LogP contribution in [-0.4, -0.2) is 30.2 Å². The van der Waals surface area contributed by atoms with Gasteiger partial charge in [0.2, 0.25) is 0 Å². The molecule has 0 amide bonds. The highest BCUT2D eigenvalue weighted by Crippen LogP contribution is 2.68. The van der Waals surface area contributed by atoms with Gasteiger partial charge in [-0.2, -0.15) is 0 Å². The summed E-state index contributed by atoms with van der Waals surface area (Å²) in [5.41, 5.74) is 1.80. The van der Waals surface area contributed by atoms with Crippen LogP contribution in [0.3, 0.4) is 0 Å². The molecule has 0 unspecified atom stereocenters. The summed E-state index contributed by atoms with van der Waals surface area (Å²) >= 11 is 0. The van der Waals surface area contributed by atoms with Crippen molar-refractivity contribution >= 4 is 23.1 Å². The second-order valence-electron chi connectivity index (χ2n) is 11.5. The number of allylic oxidation sites excluding steroid dienone is 4. The summed E-state index contributed by atoms with van der Waals surface area (Å²) in [5.74, 6) is 1.44. The minimum Gasteiger partial charge on any atom is -0.497 e. The van der Waals surface area contributed by atoms with Gasteiger partial charge in [0.15, 0.2) is 17.2 Å². The number of hydrogen-bond donors (Lipinski definition) is 0. The summed E-state index contributed by atoms with van der Waals surface area (Å²) in [6, 6.07) is 8.07. The van der Waals surface area contributed by atoms with Gasteiger partial charge < -0.3 is 9.47 Å². The highest BCUT2D eigenvalue weighted by atomic mass is 16.6. The third-order valence-corrected chi connectivity index (χ3v) is 10.0. The lowest BCUT2D eigenvalue weighted by molar-refractivity contribution is -0.185. The second kappa shape index (κ2) is 8.18. The third kappa shape index (κ3) is 3.37. The van der Waals surface area contributed by atoms with Crippen LogP contribution in [0.4, 0.5) is 0 Å². The predicted octanol–water partition coefficient (Wildman–Crippen LogP) is 5.72. The minimum atomic E-state index is -1.05. The van der Waals surface area contributed by atoms with Crippen LogP contribution in [0.5, 0.6) is 5.75 Å². The summed E-state index contributed by atoms with van der Waals surface area (Å²) in [7, 11) is 1.66. The van der Waals surface area contributed by atoms with Crippen LogP contribution in [0.25, 0.3) is 5.57 Å². The quantitative estimate of drug-likeness (QED) is 0.520. The molecular formula is C30H36O5. The molecule has 4 aliphatic carbocycles. The number of rotatable bonds is 4. The van der Waals surface area contributed by atoms with E-state index in [1.807, 2.05) is 18.2 Å². The molecule has 5 nitrogen and oxygen atoms in total. The molecule has 5 rings (SSSR count). The van der Waals surface area contributed by atoms with E-state index >= 15 is 0 Å². The van der Waals surface area contributed by atoms with Gasteiger partial charge >= 0.3 is 5.97 Å². The zero-order chi connectivity index (χ0) is 25.2. The largest absolute Gasteiger partial charge is 0.497 e. The first-order chi connectivity index (χ1) is 16.6.